The first-order valence-electron chi connectivity index (χ1n) is 8.26. The summed E-state index contributed by atoms with van der Waals surface area (Å²) in [5.74, 6) is -0.310. The predicted octanol–water partition coefficient (Wildman–Crippen LogP) is 3.23. The molecule has 128 valence electrons. The van der Waals surface area contributed by atoms with Gasteiger partial charge in [-0.1, -0.05) is 0 Å². The Morgan fingerprint density at radius 1 is 1.50 bits per heavy atom. The summed E-state index contributed by atoms with van der Waals surface area (Å²) in [6.07, 6.45) is 4.75. The number of nitrogens with zero attached hydrogens (tertiary/aromatic N) is 2. The van der Waals surface area contributed by atoms with Crippen molar-refractivity contribution < 1.29 is 9.18 Å². The minimum atomic E-state index is -0.488. The second-order valence-corrected chi connectivity index (χ2v) is 7.37. The highest BCUT2D eigenvalue weighted by atomic mass is 32.1. The molecule has 1 amide bonds. The van der Waals surface area contributed by atoms with E-state index in [2.05, 4.69) is 33.6 Å². The number of pyridine rings is 1. The fourth-order valence-electron chi connectivity index (χ4n) is 3.11. The number of aromatic nitrogens is 1. The maximum absolute atomic E-state index is 13.1. The van der Waals surface area contributed by atoms with Crippen LogP contribution in [0.15, 0.2) is 29.9 Å². The molecule has 1 atom stereocenters. The van der Waals surface area contributed by atoms with E-state index >= 15 is 0 Å². The number of carbonyl (C=O) groups is 1. The Morgan fingerprint density at radius 2 is 2.38 bits per heavy atom. The van der Waals surface area contributed by atoms with Crippen molar-refractivity contribution in [3.05, 3.63) is 51.7 Å². The van der Waals surface area contributed by atoms with Crippen LogP contribution in [0.2, 0.25) is 0 Å². The van der Waals surface area contributed by atoms with E-state index in [-0.39, 0.29) is 11.5 Å². The molecule has 2 aromatic heterocycles. The highest BCUT2D eigenvalue weighted by Gasteiger charge is 2.21. The van der Waals surface area contributed by atoms with Crippen LogP contribution in [-0.4, -0.2) is 35.4 Å². The third kappa shape index (κ3) is 4.39. The number of aryl methyl sites for hydroxylation is 1. The van der Waals surface area contributed by atoms with Crippen LogP contribution in [0.1, 0.15) is 33.6 Å². The van der Waals surface area contributed by atoms with Crippen molar-refractivity contribution in [3.63, 3.8) is 0 Å². The van der Waals surface area contributed by atoms with Crippen molar-refractivity contribution in [2.45, 2.75) is 26.3 Å². The number of nitrogens with one attached hydrogen (secondary N) is 1. The maximum atomic E-state index is 13.1. The van der Waals surface area contributed by atoms with Crippen molar-refractivity contribution in [1.29, 1.82) is 0 Å². The highest BCUT2D eigenvalue weighted by Crippen LogP contribution is 2.22. The largest absolute Gasteiger partial charge is 0.352 e. The molecule has 0 bridgehead atoms. The lowest BCUT2D eigenvalue weighted by molar-refractivity contribution is 0.0930. The van der Waals surface area contributed by atoms with Crippen molar-refractivity contribution in [3.8, 4) is 0 Å². The minimum absolute atomic E-state index is 0.256. The molecular weight excluding hydrogens is 325 g/mol. The van der Waals surface area contributed by atoms with Crippen molar-refractivity contribution in [2.75, 3.05) is 19.6 Å². The first-order chi connectivity index (χ1) is 11.6. The van der Waals surface area contributed by atoms with Gasteiger partial charge in [-0.3, -0.25) is 14.7 Å². The van der Waals surface area contributed by atoms with Gasteiger partial charge in [-0.2, -0.15) is 0 Å². The lowest BCUT2D eigenvalue weighted by Crippen LogP contribution is -2.40. The number of thiophene rings is 1. The van der Waals surface area contributed by atoms with E-state index in [1.165, 1.54) is 22.7 Å². The Hall–Kier alpha value is -1.79. The van der Waals surface area contributed by atoms with Crippen LogP contribution in [0.25, 0.3) is 0 Å². The van der Waals surface area contributed by atoms with Gasteiger partial charge in [-0.15, -0.1) is 11.3 Å². The Bertz CT molecular complexity index is 703. The molecule has 1 aliphatic rings. The molecule has 0 radical (unpaired) electrons. The molecule has 3 rings (SSSR count). The number of hydrogen-bond acceptors (Lipinski definition) is 4. The Kier molecular flexibility index (Phi) is 5.58. The lowest BCUT2D eigenvalue weighted by Gasteiger charge is -2.32. The summed E-state index contributed by atoms with van der Waals surface area (Å²) >= 11 is 1.81. The molecule has 6 heteroatoms. The molecule has 0 spiro atoms. The number of piperidine rings is 1. The molecule has 2 aromatic rings. The van der Waals surface area contributed by atoms with Crippen molar-refractivity contribution in [1.82, 2.24) is 15.2 Å². The van der Waals surface area contributed by atoms with Gasteiger partial charge in [0.15, 0.2) is 0 Å². The molecule has 0 saturated carbocycles. The van der Waals surface area contributed by atoms with Crippen LogP contribution in [0.3, 0.4) is 0 Å². The van der Waals surface area contributed by atoms with Gasteiger partial charge in [0.2, 0.25) is 0 Å². The number of hydrogen-bond donors (Lipinski definition) is 1. The fraction of sp³-hybridized carbons (Fsp3) is 0.444. The van der Waals surface area contributed by atoms with Crippen LogP contribution in [0.4, 0.5) is 4.39 Å². The van der Waals surface area contributed by atoms with Gasteiger partial charge >= 0.3 is 0 Å². The van der Waals surface area contributed by atoms with Crippen LogP contribution >= 0.6 is 11.3 Å². The summed E-state index contributed by atoms with van der Waals surface area (Å²) in [6.45, 7) is 5.85. The van der Waals surface area contributed by atoms with Crippen LogP contribution < -0.4 is 5.32 Å². The van der Waals surface area contributed by atoms with E-state index < -0.39 is 5.82 Å². The second kappa shape index (κ2) is 7.85. The predicted molar refractivity (Wildman–Crippen MR) is 93.6 cm³/mol. The molecule has 1 aliphatic heterocycles. The maximum Gasteiger partial charge on any atom is 0.252 e. The van der Waals surface area contributed by atoms with E-state index in [0.29, 0.717) is 12.5 Å². The number of amides is 1. The molecule has 1 unspecified atom stereocenters. The number of halogens is 1. The third-order valence-corrected chi connectivity index (χ3v) is 5.46. The van der Waals surface area contributed by atoms with Gasteiger partial charge in [-0.05, 0) is 55.3 Å². The standard InChI is InChI=1S/C18H22FN3OS/c1-13-4-6-24-17(13)12-22-5-2-3-14(11-22)8-21-18(23)15-7-16(19)10-20-9-15/h4,6-7,9-10,14H,2-3,5,8,11-12H2,1H3,(H,21,23). The first kappa shape index (κ1) is 17.0. The van der Waals surface area contributed by atoms with E-state index in [1.807, 2.05) is 11.3 Å². The smallest absolute Gasteiger partial charge is 0.252 e. The second-order valence-electron chi connectivity index (χ2n) is 6.37. The van der Waals surface area contributed by atoms with Gasteiger partial charge in [0.1, 0.15) is 5.82 Å². The van der Waals surface area contributed by atoms with Gasteiger partial charge in [0, 0.05) is 30.7 Å². The SMILES string of the molecule is Cc1ccsc1CN1CCCC(CNC(=O)c2cncc(F)c2)C1. The summed E-state index contributed by atoms with van der Waals surface area (Å²) in [7, 11) is 0. The van der Waals surface area contributed by atoms with Gasteiger partial charge in [0.05, 0.1) is 11.8 Å². The Morgan fingerprint density at radius 3 is 3.12 bits per heavy atom. The normalized spacial score (nSPS) is 18.5. The summed E-state index contributed by atoms with van der Waals surface area (Å²) in [5, 5.41) is 5.06. The van der Waals surface area contributed by atoms with E-state index in [1.54, 1.807) is 0 Å². The van der Waals surface area contributed by atoms with E-state index in [9.17, 15) is 9.18 Å². The average Bonchev–Trinajstić information content (AvgIpc) is 2.98. The van der Waals surface area contributed by atoms with Crippen LogP contribution in [0.5, 0.6) is 0 Å². The van der Waals surface area contributed by atoms with Crippen LogP contribution in [0, 0.1) is 18.7 Å². The average molecular weight is 347 g/mol. The van der Waals surface area contributed by atoms with E-state index in [4.69, 9.17) is 0 Å². The van der Waals surface area contributed by atoms with E-state index in [0.717, 1.165) is 38.7 Å². The summed E-state index contributed by atoms with van der Waals surface area (Å²) < 4.78 is 13.1. The zero-order chi connectivity index (χ0) is 16.9. The van der Waals surface area contributed by atoms with Gasteiger partial charge in [0.25, 0.3) is 5.91 Å². The zero-order valence-electron chi connectivity index (χ0n) is 13.8. The first-order valence-corrected chi connectivity index (χ1v) is 9.14. The van der Waals surface area contributed by atoms with Crippen LogP contribution in [-0.2, 0) is 6.54 Å². The topological polar surface area (TPSA) is 45.2 Å². The molecule has 3 heterocycles. The van der Waals surface area contributed by atoms with Gasteiger partial charge < -0.3 is 5.32 Å². The Balaban J connectivity index is 1.50. The molecular formula is C18H22FN3OS. The lowest BCUT2D eigenvalue weighted by atomic mass is 9.97. The minimum Gasteiger partial charge on any atom is -0.352 e. The zero-order valence-corrected chi connectivity index (χ0v) is 14.6. The third-order valence-electron chi connectivity index (χ3n) is 4.46. The Labute approximate surface area is 145 Å². The molecule has 1 fully saturated rings. The summed E-state index contributed by atoms with van der Waals surface area (Å²) in [4.78, 5) is 19.7. The quantitative estimate of drug-likeness (QED) is 0.903. The molecule has 24 heavy (non-hydrogen) atoms. The summed E-state index contributed by atoms with van der Waals surface area (Å²) in [5.41, 5.74) is 1.63. The molecule has 1 saturated heterocycles. The fourth-order valence-corrected chi connectivity index (χ4v) is 4.05. The number of likely N-dealkylation sites (tertiary alicyclic amines) is 1. The van der Waals surface area contributed by atoms with Gasteiger partial charge in [-0.25, -0.2) is 4.39 Å². The number of carbonyl (C=O) groups excluding carboxylic acids is 1. The monoisotopic (exact) mass is 347 g/mol. The molecule has 4 nitrogen and oxygen atoms in total. The molecule has 0 aromatic carbocycles. The van der Waals surface area contributed by atoms with Crippen molar-refractivity contribution >= 4 is 17.2 Å². The van der Waals surface area contributed by atoms with Crippen molar-refractivity contribution in [2.24, 2.45) is 5.92 Å². The number of rotatable bonds is 5. The highest BCUT2D eigenvalue weighted by molar-refractivity contribution is 7.10. The molecule has 1 N–H and O–H groups in total. The summed E-state index contributed by atoms with van der Waals surface area (Å²) in [6, 6.07) is 3.38. The molecule has 0 aliphatic carbocycles.